The highest BCUT2D eigenvalue weighted by Gasteiger charge is 2.31. The molecule has 0 radical (unpaired) electrons. The van der Waals surface area contributed by atoms with Crippen molar-refractivity contribution in [3.63, 3.8) is 0 Å². The average Bonchev–Trinajstić information content (AvgIpc) is 2.91. The van der Waals surface area contributed by atoms with Gasteiger partial charge in [-0.2, -0.15) is 0 Å². The highest BCUT2D eigenvalue weighted by molar-refractivity contribution is 9.10. The predicted molar refractivity (Wildman–Crippen MR) is 87.1 cm³/mol. The number of likely N-dealkylation sites (N-methyl/N-ethyl adjacent to an activating group) is 1. The number of amides is 2. The lowest BCUT2D eigenvalue weighted by Gasteiger charge is -2.32. The Morgan fingerprint density at radius 1 is 1.30 bits per heavy atom. The topological polar surface area (TPSA) is 99.9 Å². The molecule has 0 saturated heterocycles. The molecule has 7 nitrogen and oxygen atoms in total. The molecule has 0 aromatic carbocycles. The Labute approximate surface area is 143 Å². The van der Waals surface area contributed by atoms with Gasteiger partial charge in [0, 0.05) is 7.05 Å². The first kappa shape index (κ1) is 19.2. The summed E-state index contributed by atoms with van der Waals surface area (Å²) in [5, 5.41) is 11.8. The zero-order valence-electron chi connectivity index (χ0n) is 13.4. The van der Waals surface area contributed by atoms with E-state index in [4.69, 9.17) is 9.52 Å². The number of aliphatic carboxylic acids is 1. The fraction of sp³-hybridized carbons (Fsp3) is 0.533. The molecule has 0 aliphatic carbocycles. The van der Waals surface area contributed by atoms with Crippen LogP contribution in [0.3, 0.4) is 0 Å². The van der Waals surface area contributed by atoms with Crippen LogP contribution in [-0.4, -0.2) is 46.9 Å². The molecule has 1 heterocycles. The molecule has 0 spiro atoms. The molecule has 0 fully saturated rings. The minimum Gasteiger partial charge on any atom is -0.481 e. The van der Waals surface area contributed by atoms with Gasteiger partial charge < -0.3 is 19.7 Å². The van der Waals surface area contributed by atoms with Crippen molar-refractivity contribution in [3.8, 4) is 0 Å². The molecule has 0 atom stereocenters. The van der Waals surface area contributed by atoms with Crippen LogP contribution in [0.15, 0.2) is 21.2 Å². The lowest BCUT2D eigenvalue weighted by molar-refractivity contribution is -0.139. The average molecular weight is 389 g/mol. The summed E-state index contributed by atoms with van der Waals surface area (Å²) < 4.78 is 5.59. The summed E-state index contributed by atoms with van der Waals surface area (Å²) in [6.45, 7) is 3.46. The Hall–Kier alpha value is -1.83. The second kappa shape index (κ2) is 8.14. The van der Waals surface area contributed by atoms with Crippen molar-refractivity contribution in [2.45, 2.75) is 38.6 Å². The summed E-state index contributed by atoms with van der Waals surface area (Å²) in [5.74, 6) is -1.69. The van der Waals surface area contributed by atoms with Crippen LogP contribution >= 0.6 is 15.9 Å². The van der Waals surface area contributed by atoms with E-state index >= 15 is 0 Å². The number of hydrogen-bond donors (Lipinski definition) is 2. The number of furan rings is 1. The highest BCUT2D eigenvalue weighted by atomic mass is 79.9. The van der Waals surface area contributed by atoms with E-state index in [2.05, 4.69) is 21.2 Å². The van der Waals surface area contributed by atoms with Gasteiger partial charge in [0.25, 0.3) is 5.91 Å². The van der Waals surface area contributed by atoms with E-state index in [0.29, 0.717) is 17.5 Å². The molecule has 8 heteroatoms. The third kappa shape index (κ3) is 5.38. The van der Waals surface area contributed by atoms with E-state index in [1.165, 1.54) is 18.0 Å². The van der Waals surface area contributed by atoms with Crippen LogP contribution in [0.4, 0.5) is 0 Å². The maximum Gasteiger partial charge on any atom is 0.305 e. The molecule has 1 aromatic heterocycles. The number of carbonyl (C=O) groups excluding carboxylic acids is 2. The van der Waals surface area contributed by atoms with Gasteiger partial charge in [0.1, 0.15) is 0 Å². The molecule has 0 aliphatic heterocycles. The summed E-state index contributed by atoms with van der Waals surface area (Å²) in [6, 6.07) is 3.10. The normalized spacial score (nSPS) is 11.1. The number of carbonyl (C=O) groups is 3. The molecule has 0 unspecified atom stereocenters. The van der Waals surface area contributed by atoms with Crippen LogP contribution in [-0.2, 0) is 9.59 Å². The minimum absolute atomic E-state index is 0.120. The van der Waals surface area contributed by atoms with Gasteiger partial charge in [-0.1, -0.05) is 13.8 Å². The molecule has 23 heavy (non-hydrogen) atoms. The van der Waals surface area contributed by atoms with Gasteiger partial charge in [0.05, 0.1) is 18.5 Å². The maximum atomic E-state index is 12.2. The summed E-state index contributed by atoms with van der Waals surface area (Å²) in [6.07, 6.45) is 0.823. The number of hydrogen-bond acceptors (Lipinski definition) is 4. The maximum absolute atomic E-state index is 12.2. The summed E-state index contributed by atoms with van der Waals surface area (Å²) >= 11 is 3.11. The number of nitrogens with one attached hydrogen (secondary N) is 1. The van der Waals surface area contributed by atoms with Crippen LogP contribution in [0.1, 0.15) is 43.7 Å². The largest absolute Gasteiger partial charge is 0.481 e. The van der Waals surface area contributed by atoms with E-state index in [-0.39, 0.29) is 18.7 Å². The standard InChI is InChI=1S/C15H21BrN2O5/c1-4-15(5-2,8-13(20)21)17-12(19)9-18(3)14(22)10-6-7-11(16)23-10/h6-7H,4-5,8-9H2,1-3H3,(H,17,19)(H,20,21). The Bertz CT molecular complexity index is 580. The van der Waals surface area contributed by atoms with Crippen molar-refractivity contribution < 1.29 is 23.9 Å². The van der Waals surface area contributed by atoms with Crippen molar-refractivity contribution in [1.29, 1.82) is 0 Å². The number of carboxylic acid groups (broad SMARTS) is 1. The first-order valence-electron chi connectivity index (χ1n) is 7.26. The van der Waals surface area contributed by atoms with Gasteiger partial charge in [-0.05, 0) is 40.9 Å². The van der Waals surface area contributed by atoms with Gasteiger partial charge in [-0.3, -0.25) is 14.4 Å². The third-order valence-corrected chi connectivity index (χ3v) is 4.19. The van der Waals surface area contributed by atoms with Gasteiger partial charge in [0.15, 0.2) is 10.4 Å². The Kier molecular flexibility index (Phi) is 6.80. The Morgan fingerprint density at radius 2 is 1.91 bits per heavy atom. The van der Waals surface area contributed by atoms with Crippen molar-refractivity contribution in [2.24, 2.45) is 0 Å². The van der Waals surface area contributed by atoms with E-state index in [0.717, 1.165) is 0 Å². The van der Waals surface area contributed by atoms with Crippen LogP contribution in [0.25, 0.3) is 0 Å². The second-order valence-corrected chi connectivity index (χ2v) is 6.15. The summed E-state index contributed by atoms with van der Waals surface area (Å²) in [7, 11) is 1.48. The molecule has 1 aromatic rings. The Morgan fingerprint density at radius 3 is 2.35 bits per heavy atom. The van der Waals surface area contributed by atoms with Crippen LogP contribution in [0.5, 0.6) is 0 Å². The molecule has 0 saturated carbocycles. The van der Waals surface area contributed by atoms with Crippen molar-refractivity contribution in [3.05, 3.63) is 22.6 Å². The summed E-state index contributed by atoms with van der Waals surface area (Å²) in [5.41, 5.74) is -0.805. The summed E-state index contributed by atoms with van der Waals surface area (Å²) in [4.78, 5) is 36.5. The van der Waals surface area contributed by atoms with Crippen molar-refractivity contribution in [2.75, 3.05) is 13.6 Å². The SMILES string of the molecule is CCC(CC)(CC(=O)O)NC(=O)CN(C)C(=O)c1ccc(Br)o1. The molecular formula is C15H21BrN2O5. The predicted octanol–water partition coefficient (Wildman–Crippen LogP) is 2.26. The van der Waals surface area contributed by atoms with Crippen molar-refractivity contribution in [1.82, 2.24) is 10.2 Å². The number of carboxylic acids is 1. The van der Waals surface area contributed by atoms with Gasteiger partial charge in [0.2, 0.25) is 5.91 Å². The molecule has 0 bridgehead atoms. The Balaban J connectivity index is 2.70. The van der Waals surface area contributed by atoms with Crippen LogP contribution in [0, 0.1) is 0 Å². The van der Waals surface area contributed by atoms with E-state index < -0.39 is 23.3 Å². The quantitative estimate of drug-likeness (QED) is 0.711. The van der Waals surface area contributed by atoms with E-state index in [9.17, 15) is 14.4 Å². The zero-order chi connectivity index (χ0) is 17.6. The first-order chi connectivity index (χ1) is 10.7. The minimum atomic E-state index is -0.973. The fourth-order valence-electron chi connectivity index (χ4n) is 2.25. The number of halogens is 1. The highest BCUT2D eigenvalue weighted by Crippen LogP contribution is 2.20. The lowest BCUT2D eigenvalue weighted by Crippen LogP contribution is -2.52. The lowest BCUT2D eigenvalue weighted by atomic mass is 9.89. The van der Waals surface area contributed by atoms with Gasteiger partial charge >= 0.3 is 5.97 Å². The first-order valence-corrected chi connectivity index (χ1v) is 8.06. The van der Waals surface area contributed by atoms with E-state index in [1.54, 1.807) is 6.07 Å². The molecular weight excluding hydrogens is 368 g/mol. The molecule has 0 aliphatic rings. The zero-order valence-corrected chi connectivity index (χ0v) is 15.0. The molecule has 128 valence electrons. The number of rotatable bonds is 8. The van der Waals surface area contributed by atoms with Crippen LogP contribution in [0.2, 0.25) is 0 Å². The van der Waals surface area contributed by atoms with Crippen LogP contribution < -0.4 is 5.32 Å². The smallest absolute Gasteiger partial charge is 0.305 e. The second-order valence-electron chi connectivity index (χ2n) is 5.37. The number of nitrogens with zero attached hydrogens (tertiary/aromatic N) is 1. The van der Waals surface area contributed by atoms with Gasteiger partial charge in [-0.15, -0.1) is 0 Å². The van der Waals surface area contributed by atoms with Gasteiger partial charge in [-0.25, -0.2) is 0 Å². The monoisotopic (exact) mass is 388 g/mol. The fourth-order valence-corrected chi connectivity index (χ4v) is 2.56. The van der Waals surface area contributed by atoms with Crippen molar-refractivity contribution >= 4 is 33.7 Å². The molecule has 1 rings (SSSR count). The molecule has 2 N–H and O–H groups in total. The molecule has 2 amide bonds. The van der Waals surface area contributed by atoms with E-state index in [1.807, 2.05) is 13.8 Å². The third-order valence-electron chi connectivity index (χ3n) is 3.76.